The van der Waals surface area contributed by atoms with Gasteiger partial charge in [0, 0.05) is 11.7 Å². The highest BCUT2D eigenvalue weighted by molar-refractivity contribution is 6.00. The van der Waals surface area contributed by atoms with Crippen LogP contribution < -0.4 is 0 Å². The van der Waals surface area contributed by atoms with E-state index in [2.05, 4.69) is 0 Å². The number of carbonyl (C=O) groups is 2. The Morgan fingerprint density at radius 2 is 2.12 bits per heavy atom. The molecule has 1 amide bonds. The third-order valence-corrected chi connectivity index (χ3v) is 2.95. The molecule has 1 aliphatic heterocycles. The third kappa shape index (κ3) is 2.26. The van der Waals surface area contributed by atoms with Gasteiger partial charge in [0.05, 0.1) is 18.6 Å². The van der Waals surface area contributed by atoms with Gasteiger partial charge in [0.25, 0.3) is 0 Å². The van der Waals surface area contributed by atoms with E-state index < -0.39 is 0 Å². The van der Waals surface area contributed by atoms with Crippen LogP contribution in [-0.2, 0) is 14.3 Å². The van der Waals surface area contributed by atoms with Gasteiger partial charge in [-0.05, 0) is 27.2 Å². The summed E-state index contributed by atoms with van der Waals surface area (Å²) in [6.07, 6.45) is 1.05. The summed E-state index contributed by atoms with van der Waals surface area (Å²) in [5.41, 5.74) is 1.25. The largest absolute Gasteiger partial charge is 0.463 e. The van der Waals surface area contributed by atoms with Crippen molar-refractivity contribution in [2.24, 2.45) is 0 Å². The van der Waals surface area contributed by atoms with Crippen LogP contribution in [0.1, 0.15) is 40.5 Å². The fourth-order valence-electron chi connectivity index (χ4n) is 1.89. The molecule has 0 saturated heterocycles. The first-order valence-corrected chi connectivity index (χ1v) is 5.71. The number of amides is 1. The van der Waals surface area contributed by atoms with E-state index >= 15 is 0 Å². The minimum absolute atomic E-state index is 0.00472. The van der Waals surface area contributed by atoms with E-state index in [4.69, 9.17) is 4.74 Å². The van der Waals surface area contributed by atoms with E-state index in [0.717, 1.165) is 12.1 Å². The number of esters is 1. The summed E-state index contributed by atoms with van der Waals surface area (Å²) in [5.74, 6) is -0.367. The van der Waals surface area contributed by atoms with Crippen molar-refractivity contribution in [2.75, 3.05) is 6.61 Å². The van der Waals surface area contributed by atoms with Crippen LogP contribution in [0.3, 0.4) is 0 Å². The number of nitrogens with zero attached hydrogens (tertiary/aromatic N) is 1. The van der Waals surface area contributed by atoms with E-state index in [1.165, 1.54) is 0 Å². The molecule has 0 aromatic heterocycles. The zero-order valence-electron chi connectivity index (χ0n) is 10.4. The van der Waals surface area contributed by atoms with Gasteiger partial charge in [-0.15, -0.1) is 0 Å². The first-order chi connectivity index (χ1) is 7.52. The van der Waals surface area contributed by atoms with Gasteiger partial charge in [0.1, 0.15) is 0 Å². The molecule has 4 heteroatoms. The molecule has 0 aliphatic carbocycles. The Balaban J connectivity index is 2.91. The van der Waals surface area contributed by atoms with E-state index in [-0.39, 0.29) is 24.3 Å². The van der Waals surface area contributed by atoms with Crippen LogP contribution in [0.2, 0.25) is 0 Å². The van der Waals surface area contributed by atoms with Crippen molar-refractivity contribution in [1.82, 2.24) is 4.90 Å². The summed E-state index contributed by atoms with van der Waals surface area (Å²) < 4.78 is 4.93. The molecule has 1 rings (SSSR count). The molecule has 0 N–H and O–H groups in total. The Kier molecular flexibility index (Phi) is 4.10. The zero-order valence-corrected chi connectivity index (χ0v) is 10.4. The predicted molar refractivity (Wildman–Crippen MR) is 60.5 cm³/mol. The number of allylic oxidation sites excluding steroid dienone is 1. The minimum atomic E-state index is -0.362. The topological polar surface area (TPSA) is 46.6 Å². The molecular weight excluding hydrogens is 206 g/mol. The van der Waals surface area contributed by atoms with E-state index in [1.807, 2.05) is 20.8 Å². The Labute approximate surface area is 96.3 Å². The SMILES string of the molecule is CCOC(=O)C1=C(C)N(C(C)CC)C(=O)C1. The van der Waals surface area contributed by atoms with Crippen LogP contribution in [0.25, 0.3) is 0 Å². The van der Waals surface area contributed by atoms with Crippen LogP contribution in [-0.4, -0.2) is 29.4 Å². The maximum absolute atomic E-state index is 11.8. The second kappa shape index (κ2) is 5.14. The Morgan fingerprint density at radius 3 is 2.62 bits per heavy atom. The first-order valence-electron chi connectivity index (χ1n) is 5.71. The second-order valence-corrected chi connectivity index (χ2v) is 3.98. The lowest BCUT2D eigenvalue weighted by molar-refractivity contribution is -0.139. The quantitative estimate of drug-likeness (QED) is 0.686. The van der Waals surface area contributed by atoms with Crippen LogP contribution >= 0.6 is 0 Å². The van der Waals surface area contributed by atoms with Gasteiger partial charge >= 0.3 is 5.97 Å². The molecule has 90 valence electrons. The van der Waals surface area contributed by atoms with Gasteiger partial charge in [-0.2, -0.15) is 0 Å². The normalized spacial score (nSPS) is 18.0. The summed E-state index contributed by atoms with van der Waals surface area (Å²) >= 11 is 0. The van der Waals surface area contributed by atoms with Crippen molar-refractivity contribution in [3.63, 3.8) is 0 Å². The molecule has 0 fully saturated rings. The lowest BCUT2D eigenvalue weighted by Gasteiger charge is -2.24. The van der Waals surface area contributed by atoms with Crippen molar-refractivity contribution in [1.29, 1.82) is 0 Å². The lowest BCUT2D eigenvalue weighted by atomic mass is 10.2. The monoisotopic (exact) mass is 225 g/mol. The van der Waals surface area contributed by atoms with Crippen molar-refractivity contribution >= 4 is 11.9 Å². The third-order valence-electron chi connectivity index (χ3n) is 2.95. The molecule has 1 heterocycles. The fourth-order valence-corrected chi connectivity index (χ4v) is 1.89. The molecule has 1 atom stereocenters. The van der Waals surface area contributed by atoms with Crippen molar-refractivity contribution in [3.8, 4) is 0 Å². The summed E-state index contributed by atoms with van der Waals surface area (Å²) in [6.45, 7) is 7.91. The Bertz CT molecular complexity index is 333. The Morgan fingerprint density at radius 1 is 1.50 bits per heavy atom. The van der Waals surface area contributed by atoms with Crippen molar-refractivity contribution in [3.05, 3.63) is 11.3 Å². The number of hydrogen-bond acceptors (Lipinski definition) is 3. The highest BCUT2D eigenvalue weighted by atomic mass is 16.5. The van der Waals surface area contributed by atoms with Gasteiger partial charge < -0.3 is 9.64 Å². The summed E-state index contributed by atoms with van der Waals surface area (Å²) in [7, 11) is 0. The number of ether oxygens (including phenoxy) is 1. The van der Waals surface area contributed by atoms with Crippen molar-refractivity contribution < 1.29 is 14.3 Å². The standard InChI is InChI=1S/C12H19NO3/c1-5-8(3)13-9(4)10(7-11(13)14)12(15)16-6-2/h8H,5-7H2,1-4H3. The molecule has 1 unspecified atom stereocenters. The van der Waals surface area contributed by atoms with Crippen LogP contribution in [0.15, 0.2) is 11.3 Å². The lowest BCUT2D eigenvalue weighted by Crippen LogP contribution is -2.32. The summed E-state index contributed by atoms with van der Waals surface area (Å²) in [6, 6.07) is 0.138. The van der Waals surface area contributed by atoms with Gasteiger partial charge in [-0.1, -0.05) is 6.92 Å². The molecular formula is C12H19NO3. The van der Waals surface area contributed by atoms with Gasteiger partial charge in [-0.25, -0.2) is 4.79 Å². The van der Waals surface area contributed by atoms with E-state index in [9.17, 15) is 9.59 Å². The molecule has 1 aliphatic rings. The number of hydrogen-bond donors (Lipinski definition) is 0. The second-order valence-electron chi connectivity index (χ2n) is 3.98. The van der Waals surface area contributed by atoms with Gasteiger partial charge in [0.15, 0.2) is 0 Å². The van der Waals surface area contributed by atoms with Gasteiger partial charge in [-0.3, -0.25) is 4.79 Å². The highest BCUT2D eigenvalue weighted by Crippen LogP contribution is 2.27. The molecule has 0 bridgehead atoms. The maximum atomic E-state index is 11.8. The molecule has 0 radical (unpaired) electrons. The average Bonchev–Trinajstić information content (AvgIpc) is 2.54. The minimum Gasteiger partial charge on any atom is -0.463 e. The summed E-state index contributed by atoms with van der Waals surface area (Å²) in [5, 5.41) is 0. The predicted octanol–water partition coefficient (Wildman–Crippen LogP) is 1.85. The van der Waals surface area contributed by atoms with Gasteiger partial charge in [0.2, 0.25) is 5.91 Å². The molecule has 4 nitrogen and oxygen atoms in total. The number of rotatable bonds is 4. The highest BCUT2D eigenvalue weighted by Gasteiger charge is 2.33. The maximum Gasteiger partial charge on any atom is 0.336 e. The Hall–Kier alpha value is -1.32. The molecule has 0 saturated carbocycles. The fraction of sp³-hybridized carbons (Fsp3) is 0.667. The van der Waals surface area contributed by atoms with E-state index in [1.54, 1.807) is 11.8 Å². The van der Waals surface area contributed by atoms with Crippen LogP contribution in [0, 0.1) is 0 Å². The van der Waals surface area contributed by atoms with E-state index in [0.29, 0.717) is 12.2 Å². The molecule has 0 aromatic rings. The zero-order chi connectivity index (χ0) is 12.3. The van der Waals surface area contributed by atoms with Crippen molar-refractivity contribution in [2.45, 2.75) is 46.6 Å². The molecule has 0 spiro atoms. The smallest absolute Gasteiger partial charge is 0.336 e. The average molecular weight is 225 g/mol. The number of carbonyl (C=O) groups excluding carboxylic acids is 2. The molecule has 0 aromatic carbocycles. The van der Waals surface area contributed by atoms with Crippen LogP contribution in [0.4, 0.5) is 0 Å². The molecule has 16 heavy (non-hydrogen) atoms. The summed E-state index contributed by atoms with van der Waals surface area (Å²) in [4.78, 5) is 25.1. The first kappa shape index (κ1) is 12.7. The van der Waals surface area contributed by atoms with Crippen LogP contribution in [0.5, 0.6) is 0 Å².